The lowest BCUT2D eigenvalue weighted by Crippen LogP contribution is -2.23. The van der Waals surface area contributed by atoms with Crippen LogP contribution in [0, 0.1) is 5.82 Å². The molecule has 2 aromatic rings. The molecule has 1 aliphatic heterocycles. The molecule has 0 radical (unpaired) electrons. The molecule has 134 valence electrons. The van der Waals surface area contributed by atoms with Gasteiger partial charge in [-0.3, -0.25) is 9.59 Å². The second-order valence-electron chi connectivity index (χ2n) is 6.00. The number of hydrogen-bond donors (Lipinski definition) is 1. The van der Waals surface area contributed by atoms with Crippen LogP contribution in [0.15, 0.2) is 48.5 Å². The van der Waals surface area contributed by atoms with Crippen molar-refractivity contribution in [1.82, 2.24) is 5.32 Å². The molecule has 4 nitrogen and oxygen atoms in total. The van der Waals surface area contributed by atoms with Crippen molar-refractivity contribution in [2.24, 2.45) is 0 Å². The smallest absolute Gasteiger partial charge is 0.244 e. The third kappa shape index (κ3) is 4.29. The minimum Gasteiger partial charge on any atom is -0.348 e. The van der Waals surface area contributed by atoms with E-state index in [2.05, 4.69) is 5.32 Å². The summed E-state index contributed by atoms with van der Waals surface area (Å²) in [5, 5.41) is 2.99. The fraction of sp³-hybridized carbons (Fsp3) is 0.200. The Bertz CT molecular complexity index is 829. The highest BCUT2D eigenvalue weighted by atomic mass is 35.5. The van der Waals surface area contributed by atoms with Gasteiger partial charge in [0.2, 0.25) is 11.8 Å². The summed E-state index contributed by atoms with van der Waals surface area (Å²) in [4.78, 5) is 25.4. The van der Waals surface area contributed by atoms with E-state index < -0.39 is 5.82 Å². The largest absolute Gasteiger partial charge is 0.348 e. The first-order valence-electron chi connectivity index (χ1n) is 8.34. The lowest BCUT2D eigenvalue weighted by molar-refractivity contribution is -0.117. The highest BCUT2D eigenvalue weighted by Gasteiger charge is 2.21. The lowest BCUT2D eigenvalue weighted by atomic mass is 10.2. The zero-order chi connectivity index (χ0) is 18.5. The molecule has 1 aliphatic rings. The Hall–Kier alpha value is -2.66. The summed E-state index contributed by atoms with van der Waals surface area (Å²) in [6, 6.07) is 11.9. The van der Waals surface area contributed by atoms with Crippen molar-refractivity contribution >= 4 is 35.2 Å². The van der Waals surface area contributed by atoms with Gasteiger partial charge in [-0.1, -0.05) is 29.8 Å². The lowest BCUT2D eigenvalue weighted by Gasteiger charge is -2.15. The molecule has 1 heterocycles. The van der Waals surface area contributed by atoms with Gasteiger partial charge in [0, 0.05) is 36.8 Å². The topological polar surface area (TPSA) is 49.4 Å². The van der Waals surface area contributed by atoms with Gasteiger partial charge in [0.15, 0.2) is 0 Å². The predicted octanol–water partition coefficient (Wildman–Crippen LogP) is 3.94. The maximum absolute atomic E-state index is 13.6. The Morgan fingerprint density at radius 1 is 1.23 bits per heavy atom. The van der Waals surface area contributed by atoms with E-state index in [4.69, 9.17) is 11.6 Å². The van der Waals surface area contributed by atoms with E-state index in [0.717, 1.165) is 24.2 Å². The molecule has 6 heteroatoms. The Kier molecular flexibility index (Phi) is 5.68. The average molecular weight is 373 g/mol. The summed E-state index contributed by atoms with van der Waals surface area (Å²) in [5.74, 6) is -0.681. The summed E-state index contributed by atoms with van der Waals surface area (Å²) < 4.78 is 13.6. The molecule has 1 N–H and O–H groups in total. The first kappa shape index (κ1) is 18.1. The number of halogens is 2. The summed E-state index contributed by atoms with van der Waals surface area (Å²) in [5.41, 5.74) is 1.96. The van der Waals surface area contributed by atoms with Crippen LogP contribution < -0.4 is 10.2 Å². The molecule has 0 saturated carbocycles. The molecule has 0 spiro atoms. The number of hydrogen-bond acceptors (Lipinski definition) is 2. The van der Waals surface area contributed by atoms with Gasteiger partial charge in [0.05, 0.1) is 5.02 Å². The maximum Gasteiger partial charge on any atom is 0.244 e. The summed E-state index contributed by atoms with van der Waals surface area (Å²) in [7, 11) is 0. The zero-order valence-corrected chi connectivity index (χ0v) is 14.8. The average Bonchev–Trinajstić information content (AvgIpc) is 3.06. The number of carbonyl (C=O) groups excluding carboxylic acids is 2. The van der Waals surface area contributed by atoms with Gasteiger partial charge in [-0.15, -0.1) is 0 Å². The van der Waals surface area contributed by atoms with Crippen molar-refractivity contribution < 1.29 is 14.0 Å². The minimum absolute atomic E-state index is 0.142. The molecule has 2 aromatic carbocycles. The molecule has 0 bridgehead atoms. The Morgan fingerprint density at radius 2 is 2.00 bits per heavy atom. The van der Waals surface area contributed by atoms with Gasteiger partial charge in [0.25, 0.3) is 0 Å². The highest BCUT2D eigenvalue weighted by Crippen LogP contribution is 2.22. The Balaban J connectivity index is 1.56. The van der Waals surface area contributed by atoms with Gasteiger partial charge < -0.3 is 10.2 Å². The molecule has 2 amide bonds. The number of carbonyl (C=O) groups is 2. The van der Waals surface area contributed by atoms with Crippen LogP contribution in [0.1, 0.15) is 24.0 Å². The van der Waals surface area contributed by atoms with Crippen molar-refractivity contribution in [1.29, 1.82) is 0 Å². The monoisotopic (exact) mass is 372 g/mol. The second-order valence-corrected chi connectivity index (χ2v) is 6.41. The third-order valence-corrected chi connectivity index (χ3v) is 4.52. The molecule has 1 fully saturated rings. The molecule has 0 unspecified atom stereocenters. The van der Waals surface area contributed by atoms with E-state index in [1.54, 1.807) is 11.0 Å². The standard InChI is InChI=1S/C20H18ClFN2O2/c21-17-3-1-4-18(22)16(17)10-11-19(25)23-13-14-6-8-15(9-7-14)24-12-2-5-20(24)26/h1,3-4,6-11H,2,5,12-13H2,(H,23,25)/b11-10+. The molecule has 3 rings (SSSR count). The van der Waals surface area contributed by atoms with Crippen molar-refractivity contribution in [2.75, 3.05) is 11.4 Å². The Labute approximate surface area is 156 Å². The number of amides is 2. The number of nitrogens with zero attached hydrogens (tertiary/aromatic N) is 1. The van der Waals surface area contributed by atoms with Crippen LogP contribution in [0.4, 0.5) is 10.1 Å². The van der Waals surface area contributed by atoms with E-state index >= 15 is 0 Å². The first-order chi connectivity index (χ1) is 12.5. The van der Waals surface area contributed by atoms with Gasteiger partial charge in [-0.05, 0) is 42.3 Å². The number of rotatable bonds is 5. The first-order valence-corrected chi connectivity index (χ1v) is 8.71. The Morgan fingerprint density at radius 3 is 2.65 bits per heavy atom. The van der Waals surface area contributed by atoms with E-state index in [1.807, 2.05) is 24.3 Å². The van der Waals surface area contributed by atoms with Crippen LogP contribution in [0.25, 0.3) is 6.08 Å². The summed E-state index contributed by atoms with van der Waals surface area (Å²) in [6.45, 7) is 1.08. The fourth-order valence-corrected chi connectivity index (χ4v) is 3.02. The molecule has 0 aromatic heterocycles. The number of benzene rings is 2. The van der Waals surface area contributed by atoms with Crippen LogP contribution in [0.3, 0.4) is 0 Å². The molecule has 0 aliphatic carbocycles. The molecule has 1 saturated heterocycles. The van der Waals surface area contributed by atoms with Crippen molar-refractivity contribution in [3.8, 4) is 0 Å². The van der Waals surface area contributed by atoms with Gasteiger partial charge in [-0.25, -0.2) is 4.39 Å². The molecule has 0 atom stereocenters. The molecular formula is C20H18ClFN2O2. The van der Waals surface area contributed by atoms with Crippen molar-refractivity contribution in [3.05, 3.63) is 70.5 Å². The SMILES string of the molecule is O=C(/C=C/c1c(F)cccc1Cl)NCc1ccc(N2CCCC2=O)cc1. The fourth-order valence-electron chi connectivity index (χ4n) is 2.79. The highest BCUT2D eigenvalue weighted by molar-refractivity contribution is 6.32. The number of nitrogens with one attached hydrogen (secondary N) is 1. The molecular weight excluding hydrogens is 355 g/mol. The summed E-state index contributed by atoms with van der Waals surface area (Å²) >= 11 is 5.91. The van der Waals surface area contributed by atoms with Gasteiger partial charge >= 0.3 is 0 Å². The van der Waals surface area contributed by atoms with Crippen molar-refractivity contribution in [2.45, 2.75) is 19.4 Å². The normalized spacial score (nSPS) is 14.2. The van der Waals surface area contributed by atoms with Gasteiger partial charge in [0.1, 0.15) is 5.82 Å². The van der Waals surface area contributed by atoms with Crippen LogP contribution in [-0.4, -0.2) is 18.4 Å². The van der Waals surface area contributed by atoms with Crippen LogP contribution in [-0.2, 0) is 16.1 Å². The van der Waals surface area contributed by atoms with Crippen LogP contribution in [0.5, 0.6) is 0 Å². The van der Waals surface area contributed by atoms with Crippen LogP contribution >= 0.6 is 11.6 Å². The van der Waals surface area contributed by atoms with Crippen LogP contribution in [0.2, 0.25) is 5.02 Å². The third-order valence-electron chi connectivity index (χ3n) is 4.19. The van der Waals surface area contributed by atoms with E-state index in [-0.39, 0.29) is 22.4 Å². The van der Waals surface area contributed by atoms with E-state index in [0.29, 0.717) is 13.0 Å². The minimum atomic E-state index is -0.478. The zero-order valence-electron chi connectivity index (χ0n) is 14.0. The second kappa shape index (κ2) is 8.15. The quantitative estimate of drug-likeness (QED) is 0.808. The number of anilines is 1. The molecule has 26 heavy (non-hydrogen) atoms. The predicted molar refractivity (Wildman–Crippen MR) is 100 cm³/mol. The summed E-state index contributed by atoms with van der Waals surface area (Å²) in [6.07, 6.45) is 4.09. The van der Waals surface area contributed by atoms with E-state index in [9.17, 15) is 14.0 Å². The van der Waals surface area contributed by atoms with E-state index in [1.165, 1.54) is 24.3 Å². The van der Waals surface area contributed by atoms with Gasteiger partial charge in [-0.2, -0.15) is 0 Å². The van der Waals surface area contributed by atoms with Crippen molar-refractivity contribution in [3.63, 3.8) is 0 Å². The maximum atomic E-state index is 13.6.